The van der Waals surface area contributed by atoms with Gasteiger partial charge >= 0.3 is 0 Å². The third-order valence-corrected chi connectivity index (χ3v) is 4.98. The van der Waals surface area contributed by atoms with Gasteiger partial charge in [0.1, 0.15) is 0 Å². The molecule has 0 heterocycles. The first-order valence-electron chi connectivity index (χ1n) is 8.09. The predicted molar refractivity (Wildman–Crippen MR) is 87.3 cm³/mol. The fourth-order valence-corrected chi connectivity index (χ4v) is 3.69. The highest BCUT2D eigenvalue weighted by Crippen LogP contribution is 2.43. The van der Waals surface area contributed by atoms with Crippen molar-refractivity contribution in [3.05, 3.63) is 23.8 Å². The average molecular weight is 291 g/mol. The predicted octanol–water partition coefficient (Wildman–Crippen LogP) is 3.83. The minimum atomic E-state index is 0.621. The van der Waals surface area contributed by atoms with Gasteiger partial charge in [-0.15, -0.1) is 0 Å². The third kappa shape index (κ3) is 3.70. The first kappa shape index (κ1) is 16.2. The van der Waals surface area contributed by atoms with Gasteiger partial charge in [-0.3, -0.25) is 0 Å². The van der Waals surface area contributed by atoms with Crippen molar-refractivity contribution in [3.63, 3.8) is 0 Å². The summed E-state index contributed by atoms with van der Waals surface area (Å²) in [5, 5.41) is 3.37. The summed E-state index contributed by atoms with van der Waals surface area (Å²) >= 11 is 0. The normalized spacial score (nSPS) is 25.6. The summed E-state index contributed by atoms with van der Waals surface area (Å²) in [4.78, 5) is 0. The Hall–Kier alpha value is -1.22. The zero-order chi connectivity index (χ0) is 15.2. The van der Waals surface area contributed by atoms with Gasteiger partial charge in [-0.2, -0.15) is 0 Å². The molecule has 0 saturated heterocycles. The Morgan fingerprint density at radius 1 is 1.14 bits per heavy atom. The van der Waals surface area contributed by atoms with Crippen LogP contribution >= 0.6 is 0 Å². The van der Waals surface area contributed by atoms with Gasteiger partial charge < -0.3 is 14.8 Å². The lowest BCUT2D eigenvalue weighted by atomic mass is 9.70. The van der Waals surface area contributed by atoms with E-state index in [1.54, 1.807) is 14.2 Å². The Bertz CT molecular complexity index is 447. The highest BCUT2D eigenvalue weighted by atomic mass is 16.5. The van der Waals surface area contributed by atoms with E-state index in [1.165, 1.54) is 31.2 Å². The molecule has 2 rings (SSSR count). The Morgan fingerprint density at radius 2 is 1.90 bits per heavy atom. The van der Waals surface area contributed by atoms with Crippen molar-refractivity contribution >= 4 is 0 Å². The van der Waals surface area contributed by atoms with E-state index in [9.17, 15) is 0 Å². The average Bonchev–Trinajstić information content (AvgIpc) is 2.54. The molecule has 1 saturated carbocycles. The number of ether oxygens (including phenoxy) is 2. The first-order valence-corrected chi connectivity index (χ1v) is 8.09. The van der Waals surface area contributed by atoms with Crippen LogP contribution in [0.2, 0.25) is 0 Å². The van der Waals surface area contributed by atoms with Gasteiger partial charge in [0.25, 0.3) is 0 Å². The quantitative estimate of drug-likeness (QED) is 0.864. The Morgan fingerprint density at radius 3 is 2.52 bits per heavy atom. The SMILES string of the molecule is CCC1CCC(CNC)C(c2ccc(OC)c(OC)c2)C1. The van der Waals surface area contributed by atoms with E-state index in [-0.39, 0.29) is 0 Å². The smallest absolute Gasteiger partial charge is 0.160 e. The van der Waals surface area contributed by atoms with Crippen LogP contribution in [0.3, 0.4) is 0 Å². The minimum absolute atomic E-state index is 0.621. The molecule has 3 unspecified atom stereocenters. The molecule has 0 aromatic heterocycles. The van der Waals surface area contributed by atoms with Gasteiger partial charge in [-0.1, -0.05) is 25.8 Å². The molecule has 118 valence electrons. The highest BCUT2D eigenvalue weighted by molar-refractivity contribution is 5.44. The maximum Gasteiger partial charge on any atom is 0.160 e. The molecule has 3 heteroatoms. The number of hydrogen-bond donors (Lipinski definition) is 1. The van der Waals surface area contributed by atoms with Crippen molar-refractivity contribution < 1.29 is 9.47 Å². The topological polar surface area (TPSA) is 30.5 Å². The van der Waals surface area contributed by atoms with E-state index < -0.39 is 0 Å². The number of methoxy groups -OCH3 is 2. The second kappa shape index (κ2) is 7.69. The molecule has 1 aromatic carbocycles. The summed E-state index contributed by atoms with van der Waals surface area (Å²) in [6.07, 6.45) is 5.26. The second-order valence-electron chi connectivity index (χ2n) is 6.13. The summed E-state index contributed by atoms with van der Waals surface area (Å²) in [5.41, 5.74) is 1.39. The van der Waals surface area contributed by atoms with Gasteiger partial charge in [-0.05, 0) is 61.9 Å². The molecule has 1 aliphatic rings. The summed E-state index contributed by atoms with van der Waals surface area (Å²) in [5.74, 6) is 3.86. The molecule has 0 amide bonds. The summed E-state index contributed by atoms with van der Waals surface area (Å²) in [6, 6.07) is 6.43. The number of hydrogen-bond acceptors (Lipinski definition) is 3. The van der Waals surface area contributed by atoms with Gasteiger partial charge in [0.15, 0.2) is 11.5 Å². The van der Waals surface area contributed by atoms with Crippen LogP contribution in [0, 0.1) is 11.8 Å². The number of nitrogens with one attached hydrogen (secondary N) is 1. The monoisotopic (exact) mass is 291 g/mol. The van der Waals surface area contributed by atoms with Crippen molar-refractivity contribution in [3.8, 4) is 11.5 Å². The number of benzene rings is 1. The lowest BCUT2D eigenvalue weighted by Gasteiger charge is -2.36. The van der Waals surface area contributed by atoms with Gasteiger partial charge in [-0.25, -0.2) is 0 Å². The van der Waals surface area contributed by atoms with Crippen molar-refractivity contribution in [2.75, 3.05) is 27.8 Å². The zero-order valence-electron chi connectivity index (χ0n) is 13.8. The second-order valence-corrected chi connectivity index (χ2v) is 6.13. The molecule has 3 nitrogen and oxygen atoms in total. The molecular formula is C18H29NO2. The van der Waals surface area contributed by atoms with E-state index >= 15 is 0 Å². The molecule has 1 N–H and O–H groups in total. The maximum atomic E-state index is 5.48. The lowest BCUT2D eigenvalue weighted by molar-refractivity contribution is 0.228. The van der Waals surface area contributed by atoms with Crippen LogP contribution in [-0.4, -0.2) is 27.8 Å². The Labute approximate surface area is 129 Å². The molecule has 0 spiro atoms. The number of rotatable bonds is 6. The van der Waals surface area contributed by atoms with Crippen LogP contribution in [0.4, 0.5) is 0 Å². The maximum absolute atomic E-state index is 5.48. The molecular weight excluding hydrogens is 262 g/mol. The van der Waals surface area contributed by atoms with Gasteiger partial charge in [0, 0.05) is 0 Å². The van der Waals surface area contributed by atoms with Gasteiger partial charge in [0.2, 0.25) is 0 Å². The van der Waals surface area contributed by atoms with E-state index in [1.807, 2.05) is 6.07 Å². The van der Waals surface area contributed by atoms with Crippen LogP contribution in [0.5, 0.6) is 11.5 Å². The molecule has 1 aromatic rings. The van der Waals surface area contributed by atoms with Crippen LogP contribution in [0.25, 0.3) is 0 Å². The molecule has 0 radical (unpaired) electrons. The lowest BCUT2D eigenvalue weighted by Crippen LogP contribution is -2.30. The minimum Gasteiger partial charge on any atom is -0.493 e. The Kier molecular flexibility index (Phi) is 5.92. The molecule has 0 aliphatic heterocycles. The summed E-state index contributed by atoms with van der Waals surface area (Å²) in [6.45, 7) is 3.41. The molecule has 1 aliphatic carbocycles. The van der Waals surface area contributed by atoms with E-state index in [0.29, 0.717) is 5.92 Å². The fraction of sp³-hybridized carbons (Fsp3) is 0.667. The molecule has 3 atom stereocenters. The van der Waals surface area contributed by atoms with Crippen molar-refractivity contribution in [2.24, 2.45) is 11.8 Å². The fourth-order valence-electron chi connectivity index (χ4n) is 3.69. The first-order chi connectivity index (χ1) is 10.2. The van der Waals surface area contributed by atoms with E-state index in [2.05, 4.69) is 31.4 Å². The van der Waals surface area contributed by atoms with Crippen molar-refractivity contribution in [1.82, 2.24) is 5.32 Å². The third-order valence-electron chi connectivity index (χ3n) is 4.98. The molecule has 0 bridgehead atoms. The largest absolute Gasteiger partial charge is 0.493 e. The van der Waals surface area contributed by atoms with Crippen LogP contribution in [0.15, 0.2) is 18.2 Å². The van der Waals surface area contributed by atoms with Crippen LogP contribution in [0.1, 0.15) is 44.1 Å². The van der Waals surface area contributed by atoms with Gasteiger partial charge in [0.05, 0.1) is 14.2 Å². The highest BCUT2D eigenvalue weighted by Gasteiger charge is 2.30. The van der Waals surface area contributed by atoms with Crippen molar-refractivity contribution in [1.29, 1.82) is 0 Å². The molecule has 1 fully saturated rings. The summed E-state index contributed by atoms with van der Waals surface area (Å²) < 4.78 is 10.8. The van der Waals surface area contributed by atoms with Crippen molar-refractivity contribution in [2.45, 2.75) is 38.5 Å². The van der Waals surface area contributed by atoms with Crippen LogP contribution < -0.4 is 14.8 Å². The zero-order valence-corrected chi connectivity index (χ0v) is 13.8. The van der Waals surface area contributed by atoms with E-state index in [0.717, 1.165) is 29.9 Å². The standard InChI is InChI=1S/C18H29NO2/c1-5-13-6-7-15(12-19-2)16(10-13)14-8-9-17(20-3)18(11-14)21-4/h8-9,11,13,15-16,19H,5-7,10,12H2,1-4H3. The molecule has 21 heavy (non-hydrogen) atoms. The van der Waals surface area contributed by atoms with E-state index in [4.69, 9.17) is 9.47 Å². The van der Waals surface area contributed by atoms with Crippen LogP contribution in [-0.2, 0) is 0 Å². The Balaban J connectivity index is 2.26. The summed E-state index contributed by atoms with van der Waals surface area (Å²) in [7, 11) is 5.45.